The molecule has 1 aromatic heterocycles. The minimum atomic E-state index is -0.370. The zero-order valence-corrected chi connectivity index (χ0v) is 13.2. The van der Waals surface area contributed by atoms with E-state index in [1.165, 1.54) is 18.2 Å². The molecule has 2 aromatic rings. The average molecular weight is 325 g/mol. The van der Waals surface area contributed by atoms with Crippen molar-refractivity contribution >= 4 is 5.91 Å². The highest BCUT2D eigenvalue weighted by Gasteiger charge is 2.23. The second-order valence-corrected chi connectivity index (χ2v) is 5.64. The van der Waals surface area contributed by atoms with Gasteiger partial charge in [-0.2, -0.15) is 5.26 Å². The number of nitriles is 1. The molecule has 1 N–H and O–H groups in total. The highest BCUT2D eigenvalue weighted by atomic mass is 19.1. The van der Waals surface area contributed by atoms with Crippen LogP contribution < -0.4 is 10.1 Å². The van der Waals surface area contributed by atoms with E-state index in [2.05, 4.69) is 10.3 Å². The van der Waals surface area contributed by atoms with Crippen molar-refractivity contribution in [2.45, 2.75) is 25.8 Å². The molecule has 122 valence electrons. The number of aryl methyl sites for hydroxylation is 1. The first-order chi connectivity index (χ1) is 11.6. The van der Waals surface area contributed by atoms with Crippen LogP contribution in [0, 0.1) is 24.1 Å². The zero-order chi connectivity index (χ0) is 17.1. The molecule has 0 saturated carbocycles. The number of carbonyl (C=O) groups is 1. The van der Waals surface area contributed by atoms with E-state index in [4.69, 9.17) is 10.00 Å². The summed E-state index contributed by atoms with van der Waals surface area (Å²) in [5.74, 6) is -0.239. The maximum Gasteiger partial charge on any atom is 0.270 e. The van der Waals surface area contributed by atoms with Gasteiger partial charge in [0.05, 0.1) is 23.9 Å². The zero-order valence-electron chi connectivity index (χ0n) is 13.2. The average Bonchev–Trinajstić information content (AvgIpc) is 2.76. The van der Waals surface area contributed by atoms with Gasteiger partial charge in [0, 0.05) is 11.6 Å². The van der Waals surface area contributed by atoms with Gasteiger partial charge in [0.25, 0.3) is 5.91 Å². The maximum absolute atomic E-state index is 13.4. The molecule has 0 aliphatic carbocycles. The van der Waals surface area contributed by atoms with Crippen LogP contribution in [0.1, 0.15) is 46.2 Å². The van der Waals surface area contributed by atoms with E-state index in [0.29, 0.717) is 30.0 Å². The number of aromatic nitrogens is 1. The SMILES string of the molecule is Cc1nc(C(=O)N[C@H]2CCCOc3cc(F)ccc32)ccc1C#N. The van der Waals surface area contributed by atoms with Crippen LogP contribution in [0.5, 0.6) is 5.75 Å². The molecule has 1 atom stereocenters. The Hall–Kier alpha value is -2.94. The number of halogens is 1. The van der Waals surface area contributed by atoms with E-state index in [9.17, 15) is 9.18 Å². The molecule has 5 nitrogen and oxygen atoms in total. The van der Waals surface area contributed by atoms with Gasteiger partial charge in [0.15, 0.2) is 0 Å². The number of pyridine rings is 1. The van der Waals surface area contributed by atoms with Crippen molar-refractivity contribution in [3.63, 3.8) is 0 Å². The van der Waals surface area contributed by atoms with Crippen LogP contribution in [-0.4, -0.2) is 17.5 Å². The highest BCUT2D eigenvalue weighted by molar-refractivity contribution is 5.92. The Morgan fingerprint density at radius 2 is 2.25 bits per heavy atom. The van der Waals surface area contributed by atoms with Crippen LogP contribution in [0.15, 0.2) is 30.3 Å². The van der Waals surface area contributed by atoms with Gasteiger partial charge in [-0.25, -0.2) is 9.37 Å². The molecule has 0 bridgehead atoms. The largest absolute Gasteiger partial charge is 0.493 e. The summed E-state index contributed by atoms with van der Waals surface area (Å²) in [6.45, 7) is 2.17. The minimum absolute atomic E-state index is 0.250. The number of hydrogen-bond donors (Lipinski definition) is 1. The van der Waals surface area contributed by atoms with Crippen molar-refractivity contribution in [2.75, 3.05) is 6.61 Å². The molecule has 1 aromatic carbocycles. The topological polar surface area (TPSA) is 75.0 Å². The summed E-state index contributed by atoms with van der Waals surface area (Å²) in [4.78, 5) is 16.7. The third-order valence-electron chi connectivity index (χ3n) is 3.99. The molecule has 1 aliphatic rings. The summed E-state index contributed by atoms with van der Waals surface area (Å²) in [6, 6.07) is 9.19. The third kappa shape index (κ3) is 3.20. The molecule has 0 saturated heterocycles. The number of amides is 1. The summed E-state index contributed by atoms with van der Waals surface area (Å²) in [6.07, 6.45) is 1.45. The Bertz CT molecular complexity index is 829. The summed E-state index contributed by atoms with van der Waals surface area (Å²) in [5, 5.41) is 11.9. The first-order valence-corrected chi connectivity index (χ1v) is 7.69. The van der Waals surface area contributed by atoms with Crippen molar-refractivity contribution in [3.05, 3.63) is 58.7 Å². The second-order valence-electron chi connectivity index (χ2n) is 5.64. The fourth-order valence-electron chi connectivity index (χ4n) is 2.73. The van der Waals surface area contributed by atoms with Gasteiger partial charge < -0.3 is 10.1 Å². The second kappa shape index (κ2) is 6.67. The third-order valence-corrected chi connectivity index (χ3v) is 3.99. The fourth-order valence-corrected chi connectivity index (χ4v) is 2.73. The molecular weight excluding hydrogens is 309 g/mol. The Labute approximate surface area is 139 Å². The molecule has 0 radical (unpaired) electrons. The first kappa shape index (κ1) is 15.9. The van der Waals surface area contributed by atoms with Crippen LogP contribution in [0.4, 0.5) is 4.39 Å². The predicted molar refractivity (Wildman–Crippen MR) is 85.0 cm³/mol. The lowest BCUT2D eigenvalue weighted by Crippen LogP contribution is -2.29. The van der Waals surface area contributed by atoms with Crippen molar-refractivity contribution < 1.29 is 13.9 Å². The smallest absolute Gasteiger partial charge is 0.270 e. The van der Waals surface area contributed by atoms with Gasteiger partial charge in [-0.05, 0) is 38.0 Å². The Morgan fingerprint density at radius 1 is 1.42 bits per heavy atom. The molecular formula is C18H16FN3O2. The van der Waals surface area contributed by atoms with E-state index in [1.54, 1.807) is 19.1 Å². The van der Waals surface area contributed by atoms with E-state index in [0.717, 1.165) is 12.0 Å². The van der Waals surface area contributed by atoms with Gasteiger partial charge in [0.1, 0.15) is 23.3 Å². The number of fused-ring (bicyclic) bond motifs is 1. The normalized spacial score (nSPS) is 16.3. The number of hydrogen-bond acceptors (Lipinski definition) is 4. The van der Waals surface area contributed by atoms with Crippen molar-refractivity contribution in [1.29, 1.82) is 5.26 Å². The lowest BCUT2D eigenvalue weighted by atomic mass is 10.0. The van der Waals surface area contributed by atoms with Crippen LogP contribution >= 0.6 is 0 Å². The van der Waals surface area contributed by atoms with Gasteiger partial charge in [0.2, 0.25) is 0 Å². The first-order valence-electron chi connectivity index (χ1n) is 7.69. The predicted octanol–water partition coefficient (Wildman–Crippen LogP) is 3.04. The van der Waals surface area contributed by atoms with E-state index in [1.807, 2.05) is 6.07 Å². The van der Waals surface area contributed by atoms with Gasteiger partial charge in [-0.1, -0.05) is 6.07 Å². The number of rotatable bonds is 2. The van der Waals surface area contributed by atoms with Gasteiger partial charge in [-0.15, -0.1) is 0 Å². The maximum atomic E-state index is 13.4. The number of nitrogens with zero attached hydrogens (tertiary/aromatic N) is 2. The Kier molecular flexibility index (Phi) is 4.43. The molecule has 0 fully saturated rings. The van der Waals surface area contributed by atoms with E-state index < -0.39 is 0 Å². The number of carbonyl (C=O) groups excluding carboxylic acids is 1. The lowest BCUT2D eigenvalue weighted by molar-refractivity contribution is 0.0929. The van der Waals surface area contributed by atoms with Gasteiger partial charge in [-0.3, -0.25) is 4.79 Å². The highest BCUT2D eigenvalue weighted by Crippen LogP contribution is 2.32. The quantitative estimate of drug-likeness (QED) is 0.921. The summed E-state index contributed by atoms with van der Waals surface area (Å²) in [5.41, 5.74) is 1.96. The fraction of sp³-hybridized carbons (Fsp3) is 0.278. The Morgan fingerprint density at radius 3 is 3.00 bits per heavy atom. The standard InChI is InChI=1S/C18H16FN3O2/c1-11-12(10-20)4-7-16(21-11)18(23)22-15-3-2-8-24-17-9-13(19)5-6-14(15)17/h4-7,9,15H,2-3,8H2,1H3,(H,22,23)/t15-/m0/s1. The van der Waals surface area contributed by atoms with Crippen LogP contribution in [0.2, 0.25) is 0 Å². The summed E-state index contributed by atoms with van der Waals surface area (Å²) >= 11 is 0. The number of benzene rings is 1. The van der Waals surface area contributed by atoms with Crippen molar-refractivity contribution in [1.82, 2.24) is 10.3 Å². The molecule has 2 heterocycles. The minimum Gasteiger partial charge on any atom is -0.493 e. The number of ether oxygens (including phenoxy) is 1. The van der Waals surface area contributed by atoms with Crippen molar-refractivity contribution in [3.8, 4) is 11.8 Å². The molecule has 1 amide bonds. The van der Waals surface area contributed by atoms with E-state index in [-0.39, 0.29) is 23.5 Å². The van der Waals surface area contributed by atoms with Crippen LogP contribution in [-0.2, 0) is 0 Å². The van der Waals surface area contributed by atoms with Crippen LogP contribution in [0.3, 0.4) is 0 Å². The van der Waals surface area contributed by atoms with E-state index >= 15 is 0 Å². The Balaban J connectivity index is 1.84. The summed E-state index contributed by atoms with van der Waals surface area (Å²) in [7, 11) is 0. The monoisotopic (exact) mass is 325 g/mol. The lowest BCUT2D eigenvalue weighted by Gasteiger charge is -2.18. The molecule has 0 spiro atoms. The molecule has 0 unspecified atom stereocenters. The van der Waals surface area contributed by atoms with Crippen molar-refractivity contribution in [2.24, 2.45) is 0 Å². The molecule has 6 heteroatoms. The molecule has 3 rings (SSSR count). The molecule has 1 aliphatic heterocycles. The summed E-state index contributed by atoms with van der Waals surface area (Å²) < 4.78 is 18.9. The van der Waals surface area contributed by atoms with Crippen LogP contribution in [0.25, 0.3) is 0 Å². The van der Waals surface area contributed by atoms with Gasteiger partial charge >= 0.3 is 0 Å². The molecule has 24 heavy (non-hydrogen) atoms. The number of nitrogens with one attached hydrogen (secondary N) is 1.